The van der Waals surface area contributed by atoms with Gasteiger partial charge in [-0.3, -0.25) is 4.79 Å². The van der Waals surface area contributed by atoms with Crippen LogP contribution in [0.4, 0.5) is 18.9 Å². The summed E-state index contributed by atoms with van der Waals surface area (Å²) in [5.74, 6) is -0.595. The molecular formula is C10H8Cl2F3NO. The quantitative estimate of drug-likeness (QED) is 0.820. The predicted molar refractivity (Wildman–Crippen MR) is 60.4 cm³/mol. The van der Waals surface area contributed by atoms with Crippen molar-refractivity contribution in [3.8, 4) is 0 Å². The van der Waals surface area contributed by atoms with Crippen LogP contribution in [0.25, 0.3) is 0 Å². The van der Waals surface area contributed by atoms with Crippen LogP contribution >= 0.6 is 23.2 Å². The average Bonchev–Trinajstić information content (AvgIpc) is 2.15. The molecule has 0 saturated carbocycles. The van der Waals surface area contributed by atoms with Crippen LogP contribution in [0.3, 0.4) is 0 Å². The molecule has 0 saturated heterocycles. The summed E-state index contributed by atoms with van der Waals surface area (Å²) < 4.78 is 37.3. The van der Waals surface area contributed by atoms with Gasteiger partial charge in [-0.1, -0.05) is 11.6 Å². The fraction of sp³-hybridized carbons (Fsp3) is 0.300. The fourth-order valence-electron chi connectivity index (χ4n) is 1.07. The lowest BCUT2D eigenvalue weighted by molar-refractivity contribution is -0.137. The molecule has 1 rings (SSSR count). The van der Waals surface area contributed by atoms with Crippen molar-refractivity contribution in [2.24, 2.45) is 0 Å². The molecule has 1 unspecified atom stereocenters. The molecule has 1 atom stereocenters. The number of hydrogen-bond acceptors (Lipinski definition) is 1. The number of hydrogen-bond donors (Lipinski definition) is 1. The Morgan fingerprint density at radius 1 is 1.35 bits per heavy atom. The van der Waals surface area contributed by atoms with E-state index in [1.807, 2.05) is 0 Å². The van der Waals surface area contributed by atoms with Gasteiger partial charge in [0.1, 0.15) is 5.38 Å². The van der Waals surface area contributed by atoms with E-state index in [4.69, 9.17) is 23.2 Å². The van der Waals surface area contributed by atoms with Gasteiger partial charge in [0.05, 0.1) is 5.56 Å². The summed E-state index contributed by atoms with van der Waals surface area (Å²) in [6.45, 7) is 1.41. The molecule has 0 aromatic heterocycles. The number of carbonyl (C=O) groups excluding carboxylic acids is 1. The van der Waals surface area contributed by atoms with Gasteiger partial charge >= 0.3 is 6.18 Å². The summed E-state index contributed by atoms with van der Waals surface area (Å²) in [5, 5.41) is 1.28. The lowest BCUT2D eigenvalue weighted by atomic mass is 10.2. The summed E-state index contributed by atoms with van der Waals surface area (Å²) in [7, 11) is 0. The molecule has 0 fully saturated rings. The van der Waals surface area contributed by atoms with Gasteiger partial charge in [0.2, 0.25) is 5.91 Å². The normalized spacial score (nSPS) is 13.3. The Kier molecular flexibility index (Phi) is 4.27. The predicted octanol–water partition coefficient (Wildman–Crippen LogP) is 3.92. The molecule has 2 nitrogen and oxygen atoms in total. The molecule has 0 aliphatic rings. The molecule has 17 heavy (non-hydrogen) atoms. The maximum Gasteiger partial charge on any atom is 0.416 e. The van der Waals surface area contributed by atoms with E-state index in [-0.39, 0.29) is 10.7 Å². The highest BCUT2D eigenvalue weighted by Crippen LogP contribution is 2.33. The summed E-state index contributed by atoms with van der Waals surface area (Å²) in [6.07, 6.45) is -4.52. The van der Waals surface area contributed by atoms with E-state index in [2.05, 4.69) is 5.32 Å². The Balaban J connectivity index is 3.02. The monoisotopic (exact) mass is 285 g/mol. The van der Waals surface area contributed by atoms with Crippen molar-refractivity contribution in [1.29, 1.82) is 0 Å². The first kappa shape index (κ1) is 14.1. The van der Waals surface area contributed by atoms with E-state index in [0.29, 0.717) is 0 Å². The number of nitrogens with one attached hydrogen (secondary N) is 1. The third-order valence-corrected chi connectivity index (χ3v) is 2.27. The third-order valence-electron chi connectivity index (χ3n) is 1.85. The Bertz CT molecular complexity index is 432. The molecule has 0 spiro atoms. The van der Waals surface area contributed by atoms with Gasteiger partial charge in [-0.2, -0.15) is 13.2 Å². The maximum atomic E-state index is 12.4. The molecule has 0 radical (unpaired) electrons. The number of halogens is 5. The van der Waals surface area contributed by atoms with Crippen LogP contribution in [-0.4, -0.2) is 11.3 Å². The zero-order valence-corrected chi connectivity index (χ0v) is 10.1. The molecule has 0 heterocycles. The average molecular weight is 286 g/mol. The van der Waals surface area contributed by atoms with Crippen molar-refractivity contribution in [2.75, 3.05) is 5.32 Å². The van der Waals surface area contributed by atoms with Gasteiger partial charge in [0, 0.05) is 10.7 Å². The summed E-state index contributed by atoms with van der Waals surface area (Å²) in [5.41, 5.74) is -0.968. The van der Waals surface area contributed by atoms with Crippen molar-refractivity contribution in [1.82, 2.24) is 0 Å². The third kappa shape index (κ3) is 4.09. The number of alkyl halides is 4. The Labute approximate surface area is 106 Å². The summed E-state index contributed by atoms with van der Waals surface area (Å²) >= 11 is 11.0. The molecule has 0 aliphatic carbocycles. The highest BCUT2D eigenvalue weighted by Gasteiger charge is 2.31. The van der Waals surface area contributed by atoms with Crippen LogP contribution in [-0.2, 0) is 11.0 Å². The highest BCUT2D eigenvalue weighted by molar-refractivity contribution is 6.32. The van der Waals surface area contributed by atoms with E-state index in [9.17, 15) is 18.0 Å². The second-order valence-electron chi connectivity index (χ2n) is 3.33. The van der Waals surface area contributed by atoms with Crippen molar-refractivity contribution >= 4 is 34.8 Å². The number of rotatable bonds is 2. The van der Waals surface area contributed by atoms with Gasteiger partial charge in [-0.05, 0) is 25.1 Å². The topological polar surface area (TPSA) is 29.1 Å². The number of anilines is 1. The Morgan fingerprint density at radius 3 is 2.41 bits per heavy atom. The number of benzene rings is 1. The van der Waals surface area contributed by atoms with Crippen LogP contribution in [0.2, 0.25) is 5.02 Å². The van der Waals surface area contributed by atoms with Gasteiger partial charge in [-0.25, -0.2) is 0 Å². The minimum atomic E-state index is -4.52. The smallest absolute Gasteiger partial charge is 0.325 e. The van der Waals surface area contributed by atoms with Crippen LogP contribution in [0.5, 0.6) is 0 Å². The molecule has 0 aliphatic heterocycles. The van der Waals surface area contributed by atoms with Gasteiger partial charge in [0.25, 0.3) is 0 Å². The van der Waals surface area contributed by atoms with Crippen LogP contribution in [0.15, 0.2) is 18.2 Å². The van der Waals surface area contributed by atoms with Gasteiger partial charge < -0.3 is 5.32 Å². The zero-order valence-electron chi connectivity index (χ0n) is 8.61. The zero-order chi connectivity index (χ0) is 13.2. The van der Waals surface area contributed by atoms with Crippen LogP contribution in [0.1, 0.15) is 12.5 Å². The summed E-state index contributed by atoms with van der Waals surface area (Å²) in [4.78, 5) is 11.2. The number of amides is 1. The van der Waals surface area contributed by atoms with Crippen molar-refractivity contribution in [3.05, 3.63) is 28.8 Å². The molecular weight excluding hydrogens is 278 g/mol. The largest absolute Gasteiger partial charge is 0.416 e. The van der Waals surface area contributed by atoms with E-state index in [0.717, 1.165) is 12.1 Å². The molecule has 1 aromatic carbocycles. The lowest BCUT2D eigenvalue weighted by Crippen LogP contribution is -2.20. The van der Waals surface area contributed by atoms with Crippen molar-refractivity contribution in [3.63, 3.8) is 0 Å². The standard InChI is InChI=1S/C10H8Cl2F3NO/c1-5(11)9(17)16-8-3-6(10(13,14)15)2-7(12)4-8/h2-5H,1H3,(H,16,17). The molecule has 7 heteroatoms. The van der Waals surface area contributed by atoms with E-state index in [1.165, 1.54) is 13.0 Å². The first-order valence-corrected chi connectivity index (χ1v) is 5.34. The minimum Gasteiger partial charge on any atom is -0.325 e. The SMILES string of the molecule is CC(Cl)C(=O)Nc1cc(Cl)cc(C(F)(F)F)c1. The first-order valence-electron chi connectivity index (χ1n) is 4.53. The Morgan fingerprint density at radius 2 is 1.94 bits per heavy atom. The second kappa shape index (κ2) is 5.14. The van der Waals surface area contributed by atoms with E-state index in [1.54, 1.807) is 0 Å². The maximum absolute atomic E-state index is 12.4. The van der Waals surface area contributed by atoms with Crippen LogP contribution in [0, 0.1) is 0 Å². The van der Waals surface area contributed by atoms with Crippen molar-refractivity contribution < 1.29 is 18.0 Å². The Hall–Kier alpha value is -0.940. The molecule has 0 bridgehead atoms. The number of carbonyl (C=O) groups is 1. The minimum absolute atomic E-state index is 0.0395. The second-order valence-corrected chi connectivity index (χ2v) is 4.42. The summed E-state index contributed by atoms with van der Waals surface area (Å²) in [6, 6.07) is 2.79. The molecule has 1 amide bonds. The van der Waals surface area contributed by atoms with Crippen molar-refractivity contribution in [2.45, 2.75) is 18.5 Å². The molecule has 94 valence electrons. The molecule has 1 N–H and O–H groups in total. The lowest BCUT2D eigenvalue weighted by Gasteiger charge is -2.11. The fourth-order valence-corrected chi connectivity index (χ4v) is 1.36. The molecule has 1 aromatic rings. The van der Waals surface area contributed by atoms with Gasteiger partial charge in [0.15, 0.2) is 0 Å². The van der Waals surface area contributed by atoms with Crippen LogP contribution < -0.4 is 5.32 Å². The first-order chi connectivity index (χ1) is 7.70. The highest BCUT2D eigenvalue weighted by atomic mass is 35.5. The van der Waals surface area contributed by atoms with Gasteiger partial charge in [-0.15, -0.1) is 11.6 Å². The van der Waals surface area contributed by atoms with E-state index < -0.39 is 23.0 Å². The van der Waals surface area contributed by atoms with E-state index >= 15 is 0 Å².